The van der Waals surface area contributed by atoms with E-state index < -0.39 is 23.1 Å². The minimum Gasteiger partial charge on any atom is -0.481 e. The lowest BCUT2D eigenvalue weighted by molar-refractivity contribution is -0.167. The van der Waals surface area contributed by atoms with Crippen molar-refractivity contribution < 1.29 is 43.6 Å². The van der Waals surface area contributed by atoms with E-state index in [1.807, 2.05) is 27.7 Å². The van der Waals surface area contributed by atoms with Gasteiger partial charge in [-0.1, -0.05) is 0 Å². The van der Waals surface area contributed by atoms with E-state index in [0.717, 1.165) is 0 Å². The summed E-state index contributed by atoms with van der Waals surface area (Å²) in [5.74, 6) is -3.35. The number of carbonyl (C=O) groups is 4. The molecule has 0 aromatic heterocycles. The lowest BCUT2D eigenvalue weighted by Crippen LogP contribution is -2.36. The molecule has 0 amide bonds. The van der Waals surface area contributed by atoms with Crippen LogP contribution < -0.4 is 0 Å². The van der Waals surface area contributed by atoms with Crippen LogP contribution in [0.1, 0.15) is 91.9 Å². The first kappa shape index (κ1) is 29.1. The zero-order valence-electron chi connectivity index (χ0n) is 21.5. The quantitative estimate of drug-likeness (QED) is 0.379. The van der Waals surface area contributed by atoms with E-state index in [1.54, 1.807) is 0 Å². The Morgan fingerprint density at radius 2 is 1.03 bits per heavy atom. The fraction of sp³-hybridized carbons (Fsp3) is 0.846. The fourth-order valence-electron chi connectivity index (χ4n) is 4.72. The van der Waals surface area contributed by atoms with Gasteiger partial charge >= 0.3 is 23.9 Å². The number of hydrogen-bond acceptors (Lipinski definition) is 7. The van der Waals surface area contributed by atoms with Gasteiger partial charge in [-0.05, 0) is 79.1 Å². The smallest absolute Gasteiger partial charge is 0.309 e. The normalized spacial score (nSPS) is 25.5. The molecule has 2 aliphatic carbocycles. The van der Waals surface area contributed by atoms with Gasteiger partial charge in [-0.15, -0.1) is 0 Å². The van der Waals surface area contributed by atoms with Crippen LogP contribution in [0.4, 0.5) is 0 Å². The lowest BCUT2D eigenvalue weighted by Gasteiger charge is -2.32. The molecule has 35 heavy (non-hydrogen) atoms. The highest BCUT2D eigenvalue weighted by atomic mass is 16.6. The van der Waals surface area contributed by atoms with E-state index in [4.69, 9.17) is 24.4 Å². The van der Waals surface area contributed by atoms with Gasteiger partial charge in [0.05, 0.1) is 42.5 Å². The summed E-state index contributed by atoms with van der Waals surface area (Å²) in [4.78, 5) is 47.0. The molecule has 0 unspecified atom stereocenters. The van der Waals surface area contributed by atoms with Gasteiger partial charge in [0.2, 0.25) is 0 Å². The second-order valence-electron chi connectivity index (χ2n) is 11.2. The molecule has 0 bridgehead atoms. The number of hydrogen-bond donors (Lipinski definition) is 2. The van der Waals surface area contributed by atoms with Gasteiger partial charge in [0.1, 0.15) is 5.60 Å². The van der Waals surface area contributed by atoms with Gasteiger partial charge < -0.3 is 24.4 Å². The SMILES string of the molecule is CC(C)(CCOC(=O)C1CCC(C(=O)O)CC1)OCCC(C)(C)OC(=O)C1CCC(C(=O)O)CC1. The van der Waals surface area contributed by atoms with Crippen molar-refractivity contribution in [1.82, 2.24) is 0 Å². The monoisotopic (exact) mass is 498 g/mol. The van der Waals surface area contributed by atoms with Crippen molar-refractivity contribution in [1.29, 1.82) is 0 Å². The summed E-state index contributed by atoms with van der Waals surface area (Å²) >= 11 is 0. The molecule has 2 aliphatic rings. The molecule has 0 aliphatic heterocycles. The highest BCUT2D eigenvalue weighted by molar-refractivity contribution is 5.75. The molecule has 9 heteroatoms. The van der Waals surface area contributed by atoms with E-state index in [2.05, 4.69) is 0 Å². The van der Waals surface area contributed by atoms with Crippen LogP contribution >= 0.6 is 0 Å². The minimum atomic E-state index is -0.797. The average molecular weight is 499 g/mol. The van der Waals surface area contributed by atoms with E-state index >= 15 is 0 Å². The summed E-state index contributed by atoms with van der Waals surface area (Å²) in [6.07, 6.45) is 5.19. The fourth-order valence-corrected chi connectivity index (χ4v) is 4.72. The first-order chi connectivity index (χ1) is 16.3. The second kappa shape index (κ2) is 12.7. The van der Waals surface area contributed by atoms with Gasteiger partial charge in [-0.2, -0.15) is 0 Å². The Balaban J connectivity index is 1.64. The van der Waals surface area contributed by atoms with Crippen LogP contribution in [0, 0.1) is 23.7 Å². The Labute approximate surface area is 207 Å². The molecule has 0 atom stereocenters. The highest BCUT2D eigenvalue weighted by Gasteiger charge is 2.34. The van der Waals surface area contributed by atoms with Crippen LogP contribution in [0.25, 0.3) is 0 Å². The molecular formula is C26H42O9. The summed E-state index contributed by atoms with van der Waals surface area (Å²) in [5.41, 5.74) is -1.24. The first-order valence-corrected chi connectivity index (χ1v) is 12.8. The average Bonchev–Trinajstić information content (AvgIpc) is 2.78. The number of carboxylic acids is 2. The molecule has 0 aromatic rings. The lowest BCUT2D eigenvalue weighted by atomic mass is 9.82. The van der Waals surface area contributed by atoms with Crippen molar-refractivity contribution in [3.8, 4) is 0 Å². The zero-order chi connectivity index (χ0) is 26.2. The minimum absolute atomic E-state index is 0.224. The summed E-state index contributed by atoms with van der Waals surface area (Å²) < 4.78 is 17.1. The number of carbonyl (C=O) groups excluding carboxylic acids is 2. The molecule has 2 rings (SSSR count). The van der Waals surface area contributed by atoms with Crippen LogP contribution in [0.15, 0.2) is 0 Å². The first-order valence-electron chi connectivity index (χ1n) is 12.8. The van der Waals surface area contributed by atoms with E-state index in [9.17, 15) is 19.2 Å². The van der Waals surface area contributed by atoms with Crippen molar-refractivity contribution in [3.63, 3.8) is 0 Å². The number of rotatable bonds is 12. The van der Waals surface area contributed by atoms with E-state index in [0.29, 0.717) is 70.8 Å². The maximum Gasteiger partial charge on any atom is 0.309 e. The third-order valence-electron chi connectivity index (χ3n) is 7.34. The Morgan fingerprint density at radius 3 is 1.49 bits per heavy atom. The van der Waals surface area contributed by atoms with Gasteiger partial charge in [0, 0.05) is 12.8 Å². The summed E-state index contributed by atoms with van der Waals surface area (Å²) in [6, 6.07) is 0. The van der Waals surface area contributed by atoms with Crippen molar-refractivity contribution in [3.05, 3.63) is 0 Å². The van der Waals surface area contributed by atoms with Crippen LogP contribution in [-0.4, -0.2) is 58.5 Å². The van der Waals surface area contributed by atoms with Crippen molar-refractivity contribution >= 4 is 23.9 Å². The number of carboxylic acid groups (broad SMARTS) is 2. The molecular weight excluding hydrogens is 456 g/mol. The Morgan fingerprint density at radius 1 is 0.629 bits per heavy atom. The van der Waals surface area contributed by atoms with Crippen molar-refractivity contribution in [2.24, 2.45) is 23.7 Å². The molecule has 0 aromatic carbocycles. The largest absolute Gasteiger partial charge is 0.481 e. The summed E-state index contributed by atoms with van der Waals surface area (Å²) in [5, 5.41) is 18.2. The van der Waals surface area contributed by atoms with Gasteiger partial charge in [-0.25, -0.2) is 0 Å². The topological polar surface area (TPSA) is 136 Å². The maximum atomic E-state index is 12.5. The summed E-state index contributed by atoms with van der Waals surface area (Å²) in [7, 11) is 0. The predicted molar refractivity (Wildman–Crippen MR) is 127 cm³/mol. The molecule has 9 nitrogen and oxygen atoms in total. The van der Waals surface area contributed by atoms with Crippen LogP contribution in [0.3, 0.4) is 0 Å². The molecule has 2 saturated carbocycles. The molecule has 2 N–H and O–H groups in total. The van der Waals surface area contributed by atoms with Crippen LogP contribution in [0.5, 0.6) is 0 Å². The molecule has 2 fully saturated rings. The second-order valence-corrected chi connectivity index (χ2v) is 11.2. The Hall–Kier alpha value is -2.16. The van der Waals surface area contributed by atoms with Gasteiger partial charge in [-0.3, -0.25) is 19.2 Å². The maximum absolute atomic E-state index is 12.5. The number of esters is 2. The third kappa shape index (κ3) is 9.78. The van der Waals surface area contributed by atoms with Crippen LogP contribution in [-0.2, 0) is 33.4 Å². The predicted octanol–water partition coefficient (Wildman–Crippen LogP) is 4.21. The van der Waals surface area contributed by atoms with Gasteiger partial charge in [0.15, 0.2) is 0 Å². The van der Waals surface area contributed by atoms with Crippen molar-refractivity contribution in [2.75, 3.05) is 13.2 Å². The molecule has 0 saturated heterocycles. The van der Waals surface area contributed by atoms with Gasteiger partial charge in [0.25, 0.3) is 0 Å². The number of aliphatic carboxylic acids is 2. The van der Waals surface area contributed by atoms with Crippen molar-refractivity contribution in [2.45, 2.75) is 103 Å². The molecule has 0 heterocycles. The van der Waals surface area contributed by atoms with E-state index in [-0.39, 0.29) is 42.2 Å². The number of ether oxygens (including phenoxy) is 3. The standard InChI is InChI=1S/C26H42O9/c1-25(2,13-15-33-23(31)19-9-5-17(6-10-19)21(27)28)34-16-14-26(3,4)35-24(32)20-11-7-18(8-12-20)22(29)30/h17-20H,5-16H2,1-4H3,(H,27,28)(H,29,30). The molecule has 200 valence electrons. The van der Waals surface area contributed by atoms with E-state index in [1.165, 1.54) is 0 Å². The molecule has 0 spiro atoms. The molecule has 0 radical (unpaired) electrons. The third-order valence-corrected chi connectivity index (χ3v) is 7.34. The van der Waals surface area contributed by atoms with Crippen LogP contribution in [0.2, 0.25) is 0 Å². The Kier molecular flexibility index (Phi) is 10.5. The summed E-state index contributed by atoms with van der Waals surface area (Å²) in [6.45, 7) is 8.10. The zero-order valence-corrected chi connectivity index (χ0v) is 21.5. The highest BCUT2D eigenvalue weighted by Crippen LogP contribution is 2.32. The Bertz CT molecular complexity index is 742.